The largest absolute Gasteiger partial charge is 0.497 e. The van der Waals surface area contributed by atoms with Gasteiger partial charge in [-0.1, -0.05) is 15.9 Å². The SMILES string of the molecule is CNC(=O)COc1cc(Nc2ccnc3ccc(Br)cc23)cc(OC)c1. The molecule has 7 heteroatoms. The second-order valence-corrected chi connectivity index (χ2v) is 6.42. The van der Waals surface area contributed by atoms with Crippen molar-refractivity contribution in [2.75, 3.05) is 26.1 Å². The first kappa shape index (κ1) is 18.0. The summed E-state index contributed by atoms with van der Waals surface area (Å²) in [6.45, 7) is -0.0613. The molecule has 0 unspecified atom stereocenters. The lowest BCUT2D eigenvalue weighted by Crippen LogP contribution is -2.24. The van der Waals surface area contributed by atoms with E-state index >= 15 is 0 Å². The molecule has 3 aromatic rings. The van der Waals surface area contributed by atoms with E-state index in [-0.39, 0.29) is 12.5 Å². The smallest absolute Gasteiger partial charge is 0.257 e. The van der Waals surface area contributed by atoms with Gasteiger partial charge in [-0.15, -0.1) is 0 Å². The molecule has 0 saturated heterocycles. The zero-order chi connectivity index (χ0) is 18.5. The Kier molecular flexibility index (Phi) is 5.58. The normalized spacial score (nSPS) is 10.4. The van der Waals surface area contributed by atoms with E-state index in [1.807, 2.05) is 36.4 Å². The fraction of sp³-hybridized carbons (Fsp3) is 0.158. The highest BCUT2D eigenvalue weighted by molar-refractivity contribution is 9.10. The number of methoxy groups -OCH3 is 1. The van der Waals surface area contributed by atoms with Gasteiger partial charge in [0.2, 0.25) is 0 Å². The molecule has 0 bridgehead atoms. The van der Waals surface area contributed by atoms with Gasteiger partial charge in [0.25, 0.3) is 5.91 Å². The van der Waals surface area contributed by atoms with Crippen LogP contribution < -0.4 is 20.1 Å². The van der Waals surface area contributed by atoms with Gasteiger partial charge in [-0.2, -0.15) is 0 Å². The lowest BCUT2D eigenvalue weighted by molar-refractivity contribution is -0.122. The maximum absolute atomic E-state index is 11.4. The van der Waals surface area contributed by atoms with Crippen LogP contribution in [0.3, 0.4) is 0 Å². The fourth-order valence-corrected chi connectivity index (χ4v) is 2.81. The predicted molar refractivity (Wildman–Crippen MR) is 105 cm³/mol. The van der Waals surface area contributed by atoms with Crippen LogP contribution in [-0.2, 0) is 4.79 Å². The number of halogens is 1. The molecule has 1 aromatic heterocycles. The molecule has 1 amide bonds. The zero-order valence-electron chi connectivity index (χ0n) is 14.4. The minimum Gasteiger partial charge on any atom is -0.497 e. The molecule has 3 rings (SSSR count). The Morgan fingerprint density at radius 1 is 1.15 bits per heavy atom. The molecular weight excluding hydrogens is 398 g/mol. The van der Waals surface area contributed by atoms with Crippen LogP contribution in [0, 0.1) is 0 Å². The van der Waals surface area contributed by atoms with E-state index in [1.165, 1.54) is 0 Å². The second-order valence-electron chi connectivity index (χ2n) is 5.50. The van der Waals surface area contributed by atoms with E-state index in [1.54, 1.807) is 26.4 Å². The van der Waals surface area contributed by atoms with Crippen molar-refractivity contribution in [2.24, 2.45) is 0 Å². The molecule has 0 aliphatic carbocycles. The minimum absolute atomic E-state index is 0.0613. The number of nitrogens with zero attached hydrogens (tertiary/aromatic N) is 1. The average Bonchev–Trinajstić information content (AvgIpc) is 2.66. The van der Waals surface area contributed by atoms with Crippen molar-refractivity contribution in [2.45, 2.75) is 0 Å². The Balaban J connectivity index is 1.92. The van der Waals surface area contributed by atoms with Gasteiger partial charge in [-0.05, 0) is 24.3 Å². The average molecular weight is 416 g/mol. The highest BCUT2D eigenvalue weighted by atomic mass is 79.9. The lowest BCUT2D eigenvalue weighted by Gasteiger charge is -2.13. The topological polar surface area (TPSA) is 72.5 Å². The third-order valence-electron chi connectivity index (χ3n) is 3.75. The van der Waals surface area contributed by atoms with Crippen molar-refractivity contribution in [3.05, 3.63) is 53.1 Å². The summed E-state index contributed by atoms with van der Waals surface area (Å²) in [5, 5.41) is 6.87. The maximum Gasteiger partial charge on any atom is 0.257 e. The van der Waals surface area contributed by atoms with Crippen LogP contribution in [0.1, 0.15) is 0 Å². The number of carbonyl (C=O) groups excluding carboxylic acids is 1. The van der Waals surface area contributed by atoms with Crippen LogP contribution in [-0.4, -0.2) is 31.7 Å². The van der Waals surface area contributed by atoms with Crippen LogP contribution >= 0.6 is 15.9 Å². The quantitative estimate of drug-likeness (QED) is 0.638. The van der Waals surface area contributed by atoms with Gasteiger partial charge in [0.05, 0.1) is 12.6 Å². The number of amides is 1. The molecule has 0 saturated carbocycles. The van der Waals surface area contributed by atoms with Gasteiger partial charge in [-0.25, -0.2) is 0 Å². The molecule has 2 N–H and O–H groups in total. The van der Waals surface area contributed by atoms with Crippen molar-refractivity contribution in [3.8, 4) is 11.5 Å². The van der Waals surface area contributed by atoms with E-state index in [2.05, 4.69) is 31.5 Å². The summed E-state index contributed by atoms with van der Waals surface area (Å²) in [5.74, 6) is 0.962. The predicted octanol–water partition coefficient (Wildman–Crippen LogP) is 3.87. The summed E-state index contributed by atoms with van der Waals surface area (Å²) in [4.78, 5) is 15.8. The molecular formula is C19H18BrN3O3. The van der Waals surface area contributed by atoms with Gasteiger partial charge in [0.15, 0.2) is 6.61 Å². The summed E-state index contributed by atoms with van der Waals surface area (Å²) < 4.78 is 11.8. The molecule has 0 atom stereocenters. The summed E-state index contributed by atoms with van der Waals surface area (Å²) in [6.07, 6.45) is 1.75. The zero-order valence-corrected chi connectivity index (χ0v) is 16.0. The summed E-state index contributed by atoms with van der Waals surface area (Å²) in [7, 11) is 3.15. The van der Waals surface area contributed by atoms with Crippen molar-refractivity contribution < 1.29 is 14.3 Å². The van der Waals surface area contributed by atoms with E-state index in [9.17, 15) is 4.79 Å². The number of pyridine rings is 1. The number of hydrogen-bond donors (Lipinski definition) is 2. The number of rotatable bonds is 6. The molecule has 6 nitrogen and oxygen atoms in total. The van der Waals surface area contributed by atoms with Crippen molar-refractivity contribution in [3.63, 3.8) is 0 Å². The number of ether oxygens (including phenoxy) is 2. The van der Waals surface area contributed by atoms with Crippen molar-refractivity contribution in [1.82, 2.24) is 10.3 Å². The third kappa shape index (κ3) is 4.23. The second kappa shape index (κ2) is 8.05. The number of hydrogen-bond acceptors (Lipinski definition) is 5. The van der Waals surface area contributed by atoms with Crippen LogP contribution in [0.5, 0.6) is 11.5 Å². The van der Waals surface area contributed by atoms with Gasteiger partial charge in [0.1, 0.15) is 11.5 Å². The van der Waals surface area contributed by atoms with Gasteiger partial charge in [-0.3, -0.25) is 9.78 Å². The molecule has 0 radical (unpaired) electrons. The number of benzene rings is 2. The van der Waals surface area contributed by atoms with Crippen LogP contribution in [0.15, 0.2) is 53.1 Å². The Labute approximate surface area is 159 Å². The van der Waals surface area contributed by atoms with E-state index < -0.39 is 0 Å². The Hall–Kier alpha value is -2.80. The third-order valence-corrected chi connectivity index (χ3v) is 4.24. The molecule has 134 valence electrons. The van der Waals surface area contributed by atoms with Gasteiger partial charge < -0.3 is 20.1 Å². The molecule has 0 spiro atoms. The first-order chi connectivity index (χ1) is 12.6. The maximum atomic E-state index is 11.4. The van der Waals surface area contributed by atoms with Crippen molar-refractivity contribution >= 4 is 44.1 Å². The number of carbonyl (C=O) groups is 1. The van der Waals surface area contributed by atoms with Gasteiger partial charge in [0, 0.05) is 52.7 Å². The standard InChI is InChI=1S/C19H18BrN3O3/c1-21-19(24)11-26-15-9-13(8-14(10-15)25-2)23-18-5-6-22-17-4-3-12(20)7-16(17)18/h3-10H,11H2,1-2H3,(H,21,24)(H,22,23). The minimum atomic E-state index is -0.202. The lowest BCUT2D eigenvalue weighted by atomic mass is 10.2. The van der Waals surface area contributed by atoms with E-state index in [0.717, 1.165) is 26.8 Å². The van der Waals surface area contributed by atoms with Gasteiger partial charge >= 0.3 is 0 Å². The molecule has 2 aromatic carbocycles. The monoisotopic (exact) mass is 415 g/mol. The number of anilines is 2. The Bertz CT molecular complexity index is 946. The summed E-state index contributed by atoms with van der Waals surface area (Å²) in [6, 6.07) is 13.2. The highest BCUT2D eigenvalue weighted by Crippen LogP contribution is 2.31. The molecule has 1 heterocycles. The van der Waals surface area contributed by atoms with E-state index in [0.29, 0.717) is 11.5 Å². The first-order valence-electron chi connectivity index (χ1n) is 7.93. The number of likely N-dealkylation sites (N-methyl/N-ethyl adjacent to an activating group) is 1. The summed E-state index contributed by atoms with van der Waals surface area (Å²) >= 11 is 3.49. The van der Waals surface area contributed by atoms with Crippen LogP contribution in [0.2, 0.25) is 0 Å². The van der Waals surface area contributed by atoms with Crippen LogP contribution in [0.25, 0.3) is 10.9 Å². The van der Waals surface area contributed by atoms with Crippen molar-refractivity contribution in [1.29, 1.82) is 0 Å². The highest BCUT2D eigenvalue weighted by Gasteiger charge is 2.08. The Morgan fingerprint density at radius 2 is 1.96 bits per heavy atom. The Morgan fingerprint density at radius 3 is 2.73 bits per heavy atom. The molecule has 0 aliphatic rings. The number of aromatic nitrogens is 1. The molecule has 26 heavy (non-hydrogen) atoms. The first-order valence-corrected chi connectivity index (χ1v) is 8.72. The number of fused-ring (bicyclic) bond motifs is 1. The van der Waals surface area contributed by atoms with Crippen LogP contribution in [0.4, 0.5) is 11.4 Å². The fourth-order valence-electron chi connectivity index (χ4n) is 2.45. The van der Waals surface area contributed by atoms with E-state index in [4.69, 9.17) is 9.47 Å². The number of nitrogens with one attached hydrogen (secondary N) is 2. The molecule has 0 fully saturated rings. The molecule has 0 aliphatic heterocycles. The summed E-state index contributed by atoms with van der Waals surface area (Å²) in [5.41, 5.74) is 2.57.